The van der Waals surface area contributed by atoms with E-state index in [9.17, 15) is 24.2 Å². The molecule has 1 saturated heterocycles. The Kier molecular flexibility index (Phi) is 4.47. The van der Waals surface area contributed by atoms with Crippen molar-refractivity contribution in [1.82, 2.24) is 9.55 Å². The highest BCUT2D eigenvalue weighted by Crippen LogP contribution is 2.31. The monoisotopic (exact) mass is 338 g/mol. The number of H-pyrrole nitrogens is 1. The molecule has 3 rings (SSSR count). The Labute approximate surface area is 134 Å². The van der Waals surface area contributed by atoms with Crippen LogP contribution in [0.25, 0.3) is 0 Å². The molecule has 0 unspecified atom stereocenters. The zero-order chi connectivity index (χ0) is 17.3. The van der Waals surface area contributed by atoms with Crippen molar-refractivity contribution in [2.75, 3.05) is 6.61 Å². The minimum atomic E-state index is -1.23. The number of nitrogens with zero attached hydrogens (tertiary/aromatic N) is 1. The molecule has 8 nitrogen and oxygen atoms in total. The van der Waals surface area contributed by atoms with Crippen LogP contribution in [-0.4, -0.2) is 44.7 Å². The topological polar surface area (TPSA) is 114 Å². The molecule has 128 valence electrons. The number of hydrogen-bond acceptors (Lipinski definition) is 6. The Morgan fingerprint density at radius 3 is 2.58 bits per heavy atom. The molecule has 1 aromatic heterocycles. The maximum Gasteiger partial charge on any atom is 0.330 e. The lowest BCUT2D eigenvalue weighted by Crippen LogP contribution is -2.41. The van der Waals surface area contributed by atoms with E-state index >= 15 is 0 Å². The lowest BCUT2D eigenvalue weighted by atomic mass is 10.1. The fourth-order valence-corrected chi connectivity index (χ4v) is 2.52. The molecule has 0 spiro atoms. The summed E-state index contributed by atoms with van der Waals surface area (Å²) in [6.07, 6.45) is -3.12. The molecule has 2 heterocycles. The standard InChI is InChI=1S/C15H15FN2O6/c16-8-1-3-9(4-2-8)23-13-12(21)10(7-19)24-14(13)18-6-5-11(20)17-15(18)22/h1-6,10,12-14,19,21H,7H2,(H,17,20,22)/t10-,12-,13-,14-/m1/s1. The van der Waals surface area contributed by atoms with Crippen LogP contribution in [0.2, 0.25) is 0 Å². The van der Waals surface area contributed by atoms with Gasteiger partial charge in [0.2, 0.25) is 0 Å². The highest BCUT2D eigenvalue weighted by molar-refractivity contribution is 5.23. The third-order valence-corrected chi connectivity index (χ3v) is 3.70. The molecule has 4 atom stereocenters. The van der Waals surface area contributed by atoms with Crippen LogP contribution in [0.3, 0.4) is 0 Å². The van der Waals surface area contributed by atoms with E-state index in [4.69, 9.17) is 9.47 Å². The molecular weight excluding hydrogens is 323 g/mol. The van der Waals surface area contributed by atoms with Crippen molar-refractivity contribution >= 4 is 0 Å². The van der Waals surface area contributed by atoms with Gasteiger partial charge in [-0.25, -0.2) is 9.18 Å². The average molecular weight is 338 g/mol. The largest absolute Gasteiger partial charge is 0.483 e. The van der Waals surface area contributed by atoms with Gasteiger partial charge < -0.3 is 19.7 Å². The van der Waals surface area contributed by atoms with Crippen LogP contribution in [0.15, 0.2) is 46.1 Å². The number of aliphatic hydroxyl groups excluding tert-OH is 2. The van der Waals surface area contributed by atoms with Crippen LogP contribution in [-0.2, 0) is 4.74 Å². The molecule has 1 aromatic carbocycles. The van der Waals surface area contributed by atoms with Gasteiger partial charge in [-0.05, 0) is 24.3 Å². The van der Waals surface area contributed by atoms with Crippen molar-refractivity contribution in [3.8, 4) is 5.75 Å². The van der Waals surface area contributed by atoms with Gasteiger partial charge in [-0.2, -0.15) is 0 Å². The van der Waals surface area contributed by atoms with Crippen LogP contribution >= 0.6 is 0 Å². The number of hydrogen-bond donors (Lipinski definition) is 3. The van der Waals surface area contributed by atoms with Crippen LogP contribution in [0, 0.1) is 5.82 Å². The van der Waals surface area contributed by atoms with Crippen molar-refractivity contribution in [2.45, 2.75) is 24.5 Å². The first kappa shape index (κ1) is 16.4. The van der Waals surface area contributed by atoms with E-state index in [1.54, 1.807) is 0 Å². The second kappa shape index (κ2) is 6.56. The van der Waals surface area contributed by atoms with E-state index in [-0.39, 0.29) is 5.75 Å². The normalized spacial score (nSPS) is 26.5. The molecule has 24 heavy (non-hydrogen) atoms. The van der Waals surface area contributed by atoms with Crippen molar-refractivity contribution < 1.29 is 24.1 Å². The van der Waals surface area contributed by atoms with Crippen LogP contribution in [0.4, 0.5) is 4.39 Å². The van der Waals surface area contributed by atoms with Gasteiger partial charge in [0, 0.05) is 12.3 Å². The quantitative estimate of drug-likeness (QED) is 0.684. The molecule has 0 saturated carbocycles. The SMILES string of the molecule is O=c1ccn([C@@H]2O[C@H](CO)[C@@H](O)[C@H]2Oc2ccc(F)cc2)c(=O)[nH]1. The second-order valence-electron chi connectivity index (χ2n) is 5.29. The first-order chi connectivity index (χ1) is 11.5. The fourth-order valence-electron chi connectivity index (χ4n) is 2.52. The van der Waals surface area contributed by atoms with Crippen LogP contribution in [0.1, 0.15) is 6.23 Å². The molecular formula is C15H15FN2O6. The zero-order valence-electron chi connectivity index (χ0n) is 12.3. The lowest BCUT2D eigenvalue weighted by molar-refractivity contribution is -0.0523. The Bertz CT molecular complexity index is 818. The fraction of sp³-hybridized carbons (Fsp3) is 0.333. The van der Waals surface area contributed by atoms with Crippen molar-refractivity contribution in [1.29, 1.82) is 0 Å². The summed E-state index contributed by atoms with van der Waals surface area (Å²) < 4.78 is 25.1. The third-order valence-electron chi connectivity index (χ3n) is 3.70. The van der Waals surface area contributed by atoms with Gasteiger partial charge in [0.1, 0.15) is 23.8 Å². The summed E-state index contributed by atoms with van der Waals surface area (Å²) in [6.45, 7) is -0.487. The molecule has 0 radical (unpaired) electrons. The number of aromatic nitrogens is 2. The molecule has 1 aliphatic rings. The van der Waals surface area contributed by atoms with Gasteiger partial charge in [0.05, 0.1) is 6.61 Å². The van der Waals surface area contributed by atoms with E-state index in [0.717, 1.165) is 10.6 Å². The highest BCUT2D eigenvalue weighted by Gasteiger charge is 2.46. The summed E-state index contributed by atoms with van der Waals surface area (Å²) in [4.78, 5) is 25.2. The van der Waals surface area contributed by atoms with Crippen LogP contribution in [0.5, 0.6) is 5.75 Å². The zero-order valence-corrected chi connectivity index (χ0v) is 12.3. The summed E-state index contributed by atoms with van der Waals surface area (Å²) in [5.41, 5.74) is -1.32. The second-order valence-corrected chi connectivity index (χ2v) is 5.29. The highest BCUT2D eigenvalue weighted by atomic mass is 19.1. The van der Waals surface area contributed by atoms with Gasteiger partial charge >= 0.3 is 5.69 Å². The summed E-state index contributed by atoms with van der Waals surface area (Å²) in [5.74, 6) is -0.197. The van der Waals surface area contributed by atoms with E-state index in [0.29, 0.717) is 0 Å². The van der Waals surface area contributed by atoms with Gasteiger partial charge in [0.25, 0.3) is 5.56 Å². The van der Waals surface area contributed by atoms with E-state index in [1.165, 1.54) is 30.5 Å². The van der Waals surface area contributed by atoms with E-state index in [1.807, 2.05) is 0 Å². The van der Waals surface area contributed by atoms with Crippen molar-refractivity contribution in [3.05, 3.63) is 63.2 Å². The number of nitrogens with one attached hydrogen (secondary N) is 1. The lowest BCUT2D eigenvalue weighted by Gasteiger charge is -2.23. The number of benzene rings is 1. The molecule has 0 amide bonds. The predicted molar refractivity (Wildman–Crippen MR) is 79.1 cm³/mol. The number of halogens is 1. The molecule has 1 fully saturated rings. The van der Waals surface area contributed by atoms with Gasteiger partial charge in [-0.3, -0.25) is 14.3 Å². The summed E-state index contributed by atoms with van der Waals surface area (Å²) in [7, 11) is 0. The summed E-state index contributed by atoms with van der Waals surface area (Å²) >= 11 is 0. The Morgan fingerprint density at radius 2 is 1.96 bits per heavy atom. The molecule has 1 aliphatic heterocycles. The maximum absolute atomic E-state index is 13.0. The average Bonchev–Trinajstić information content (AvgIpc) is 2.86. The van der Waals surface area contributed by atoms with Crippen molar-refractivity contribution in [2.24, 2.45) is 0 Å². The summed E-state index contributed by atoms with van der Waals surface area (Å²) in [6, 6.07) is 6.21. The van der Waals surface area contributed by atoms with Crippen LogP contribution < -0.4 is 16.0 Å². The number of aromatic amines is 1. The van der Waals surface area contributed by atoms with E-state index in [2.05, 4.69) is 4.98 Å². The van der Waals surface area contributed by atoms with Crippen molar-refractivity contribution in [3.63, 3.8) is 0 Å². The molecule has 0 aliphatic carbocycles. The van der Waals surface area contributed by atoms with Gasteiger partial charge in [0.15, 0.2) is 12.3 Å². The maximum atomic E-state index is 13.0. The smallest absolute Gasteiger partial charge is 0.330 e. The number of rotatable bonds is 4. The first-order valence-corrected chi connectivity index (χ1v) is 7.17. The summed E-state index contributed by atoms with van der Waals surface area (Å²) in [5, 5.41) is 19.6. The number of ether oxygens (including phenoxy) is 2. The predicted octanol–water partition coefficient (Wildman–Crippen LogP) is -0.626. The minimum Gasteiger partial charge on any atom is -0.483 e. The molecule has 9 heteroatoms. The van der Waals surface area contributed by atoms with E-state index < -0.39 is 48.2 Å². The Hall–Kier alpha value is -2.49. The van der Waals surface area contributed by atoms with Gasteiger partial charge in [-0.1, -0.05) is 0 Å². The Morgan fingerprint density at radius 1 is 1.25 bits per heavy atom. The minimum absolute atomic E-state index is 0.255. The molecule has 3 N–H and O–H groups in total. The molecule has 2 aromatic rings. The number of aliphatic hydroxyl groups is 2. The first-order valence-electron chi connectivity index (χ1n) is 7.17. The Balaban J connectivity index is 1.94. The van der Waals surface area contributed by atoms with Gasteiger partial charge in [-0.15, -0.1) is 0 Å². The third kappa shape index (κ3) is 3.09. The molecule has 0 bridgehead atoms.